The van der Waals surface area contributed by atoms with Gasteiger partial charge in [-0.3, -0.25) is 9.59 Å². The van der Waals surface area contributed by atoms with Crippen LogP contribution in [0.15, 0.2) is 53.7 Å². The highest BCUT2D eigenvalue weighted by Gasteiger charge is 2.34. The van der Waals surface area contributed by atoms with Crippen molar-refractivity contribution in [1.29, 1.82) is 0 Å². The van der Waals surface area contributed by atoms with E-state index in [0.29, 0.717) is 34.5 Å². The first-order valence-corrected chi connectivity index (χ1v) is 12.0. The predicted molar refractivity (Wildman–Crippen MR) is 126 cm³/mol. The van der Waals surface area contributed by atoms with Gasteiger partial charge < -0.3 is 14.8 Å². The Morgan fingerprint density at radius 3 is 2.58 bits per heavy atom. The lowest BCUT2D eigenvalue weighted by Gasteiger charge is -2.24. The summed E-state index contributed by atoms with van der Waals surface area (Å²) in [6.07, 6.45) is 1.68. The van der Waals surface area contributed by atoms with Gasteiger partial charge >= 0.3 is 0 Å². The summed E-state index contributed by atoms with van der Waals surface area (Å²) in [5.74, 6) is 0.209. The summed E-state index contributed by atoms with van der Waals surface area (Å²) in [5.41, 5.74) is 1.11. The number of aromatic nitrogens is 3. The Kier molecular flexibility index (Phi) is 7.29. The minimum Gasteiger partial charge on any atom is -0.328 e. The second-order valence-electron chi connectivity index (χ2n) is 7.59. The molecule has 2 aromatic carbocycles. The van der Waals surface area contributed by atoms with Crippen molar-refractivity contribution in [2.24, 2.45) is 0 Å². The first kappa shape index (κ1) is 23.3. The van der Waals surface area contributed by atoms with Crippen LogP contribution in [0.5, 0.6) is 0 Å². The fraction of sp³-hybridized carbons (Fsp3) is 0.304. The number of carbonyl (C=O) groups excluding carboxylic acids is 2. The molecule has 10 heteroatoms. The number of halogens is 2. The van der Waals surface area contributed by atoms with Crippen molar-refractivity contribution >= 4 is 40.9 Å². The van der Waals surface area contributed by atoms with Crippen molar-refractivity contribution in [2.75, 3.05) is 17.6 Å². The summed E-state index contributed by atoms with van der Waals surface area (Å²) in [6, 6.07) is 12.3. The molecule has 4 rings (SSSR count). The van der Waals surface area contributed by atoms with E-state index in [0.717, 1.165) is 18.7 Å². The molecule has 1 aromatic heterocycles. The summed E-state index contributed by atoms with van der Waals surface area (Å²) in [5, 5.41) is 12.6. The number of likely N-dealkylation sites (tertiary alicyclic amines) is 1. The van der Waals surface area contributed by atoms with E-state index in [1.165, 1.54) is 36.0 Å². The maximum atomic E-state index is 13.1. The maximum absolute atomic E-state index is 13.1. The quantitative estimate of drug-likeness (QED) is 0.484. The van der Waals surface area contributed by atoms with Crippen LogP contribution in [-0.4, -0.2) is 43.8 Å². The summed E-state index contributed by atoms with van der Waals surface area (Å²) >= 11 is 7.23. The molecule has 0 radical (unpaired) electrons. The summed E-state index contributed by atoms with van der Waals surface area (Å²) in [4.78, 5) is 27.2. The van der Waals surface area contributed by atoms with Crippen molar-refractivity contribution in [3.8, 4) is 0 Å². The SMILES string of the molecule is CCn1c(SCC(=O)Nc2ccc(F)cc2)nnc1C1CCCN1C(=O)c1ccc(Cl)cc1. The molecule has 0 saturated carbocycles. The third-order valence-electron chi connectivity index (χ3n) is 5.42. The van der Waals surface area contributed by atoms with Gasteiger partial charge in [-0.05, 0) is 68.3 Å². The van der Waals surface area contributed by atoms with Crippen molar-refractivity contribution < 1.29 is 14.0 Å². The lowest BCUT2D eigenvalue weighted by molar-refractivity contribution is -0.113. The van der Waals surface area contributed by atoms with Crippen molar-refractivity contribution in [2.45, 2.75) is 37.5 Å². The van der Waals surface area contributed by atoms with E-state index < -0.39 is 0 Å². The number of hydrogen-bond acceptors (Lipinski definition) is 5. The molecule has 0 bridgehead atoms. The number of nitrogens with zero attached hydrogens (tertiary/aromatic N) is 4. The zero-order valence-corrected chi connectivity index (χ0v) is 19.6. The van der Waals surface area contributed by atoms with E-state index >= 15 is 0 Å². The Hall–Kier alpha value is -2.91. The Labute approximate surface area is 200 Å². The molecule has 1 fully saturated rings. The third kappa shape index (κ3) is 5.36. The summed E-state index contributed by atoms with van der Waals surface area (Å²) in [6.45, 7) is 3.24. The van der Waals surface area contributed by atoms with Crippen LogP contribution in [0.25, 0.3) is 0 Å². The van der Waals surface area contributed by atoms with E-state index in [2.05, 4.69) is 15.5 Å². The molecule has 0 spiro atoms. The van der Waals surface area contributed by atoms with Crippen molar-refractivity contribution in [1.82, 2.24) is 19.7 Å². The number of hydrogen-bond donors (Lipinski definition) is 1. The van der Waals surface area contributed by atoms with Crippen LogP contribution in [0.1, 0.15) is 42.0 Å². The Balaban J connectivity index is 1.45. The van der Waals surface area contributed by atoms with Gasteiger partial charge in [-0.15, -0.1) is 10.2 Å². The molecule has 172 valence electrons. The highest BCUT2D eigenvalue weighted by molar-refractivity contribution is 7.99. The highest BCUT2D eigenvalue weighted by atomic mass is 35.5. The van der Waals surface area contributed by atoms with Crippen LogP contribution >= 0.6 is 23.4 Å². The largest absolute Gasteiger partial charge is 0.328 e. The van der Waals surface area contributed by atoms with Gasteiger partial charge in [0.15, 0.2) is 11.0 Å². The van der Waals surface area contributed by atoms with E-state index in [-0.39, 0.29) is 29.4 Å². The van der Waals surface area contributed by atoms with Crippen LogP contribution in [-0.2, 0) is 11.3 Å². The normalized spacial score (nSPS) is 15.6. The molecule has 2 heterocycles. The molecule has 1 atom stereocenters. The van der Waals surface area contributed by atoms with Crippen LogP contribution in [0.3, 0.4) is 0 Å². The fourth-order valence-corrected chi connectivity index (χ4v) is 4.78. The highest BCUT2D eigenvalue weighted by Crippen LogP contribution is 2.34. The third-order valence-corrected chi connectivity index (χ3v) is 6.64. The molecule has 1 aliphatic heterocycles. The van der Waals surface area contributed by atoms with Gasteiger partial charge in [0.05, 0.1) is 11.8 Å². The van der Waals surface area contributed by atoms with Crippen molar-refractivity contribution in [3.05, 3.63) is 70.8 Å². The average molecular weight is 488 g/mol. The number of nitrogens with one attached hydrogen (secondary N) is 1. The zero-order chi connectivity index (χ0) is 23.4. The summed E-state index contributed by atoms with van der Waals surface area (Å²) in [7, 11) is 0. The predicted octanol–water partition coefficient (Wildman–Crippen LogP) is 4.80. The fourth-order valence-electron chi connectivity index (χ4n) is 3.85. The van der Waals surface area contributed by atoms with Gasteiger partial charge in [0.25, 0.3) is 5.91 Å². The standard InChI is InChI=1S/C23H23ClFN5O2S/c1-2-29-21(19-4-3-13-30(19)22(32)15-5-7-16(24)8-6-15)27-28-23(29)33-14-20(31)26-18-11-9-17(25)10-12-18/h5-12,19H,2-4,13-14H2,1H3,(H,26,31). The maximum Gasteiger partial charge on any atom is 0.254 e. The number of thioether (sulfide) groups is 1. The van der Waals surface area contributed by atoms with Gasteiger partial charge in [-0.25, -0.2) is 4.39 Å². The first-order valence-electron chi connectivity index (χ1n) is 10.6. The Bertz CT molecular complexity index is 1140. The van der Waals surface area contributed by atoms with Crippen LogP contribution in [0, 0.1) is 5.82 Å². The lowest BCUT2D eigenvalue weighted by Crippen LogP contribution is -2.32. The van der Waals surface area contributed by atoms with Gasteiger partial charge in [0.1, 0.15) is 5.82 Å². The topological polar surface area (TPSA) is 80.1 Å². The number of benzene rings is 2. The number of rotatable bonds is 7. The second kappa shape index (κ2) is 10.4. The van der Waals surface area contributed by atoms with Crippen LogP contribution in [0.4, 0.5) is 10.1 Å². The molecule has 2 amide bonds. The van der Waals surface area contributed by atoms with E-state index in [4.69, 9.17) is 11.6 Å². The molecule has 3 aromatic rings. The molecule has 33 heavy (non-hydrogen) atoms. The van der Waals surface area contributed by atoms with Crippen LogP contribution < -0.4 is 5.32 Å². The molecule has 7 nitrogen and oxygen atoms in total. The number of anilines is 1. The van der Waals surface area contributed by atoms with E-state index in [1.54, 1.807) is 24.3 Å². The van der Waals surface area contributed by atoms with Gasteiger partial charge in [-0.1, -0.05) is 23.4 Å². The van der Waals surface area contributed by atoms with Gasteiger partial charge in [-0.2, -0.15) is 0 Å². The average Bonchev–Trinajstić information content (AvgIpc) is 3.45. The Morgan fingerprint density at radius 1 is 1.15 bits per heavy atom. The van der Waals surface area contributed by atoms with Crippen LogP contribution in [0.2, 0.25) is 5.02 Å². The number of carbonyl (C=O) groups is 2. The molecular weight excluding hydrogens is 465 g/mol. The van der Waals surface area contributed by atoms with Gasteiger partial charge in [0, 0.05) is 29.4 Å². The molecule has 0 aliphatic carbocycles. The zero-order valence-electron chi connectivity index (χ0n) is 18.0. The molecule has 1 unspecified atom stereocenters. The van der Waals surface area contributed by atoms with E-state index in [1.807, 2.05) is 16.4 Å². The molecule has 1 saturated heterocycles. The second-order valence-corrected chi connectivity index (χ2v) is 8.97. The smallest absolute Gasteiger partial charge is 0.254 e. The monoisotopic (exact) mass is 487 g/mol. The lowest BCUT2D eigenvalue weighted by atomic mass is 10.1. The number of amides is 2. The van der Waals surface area contributed by atoms with Gasteiger partial charge in [0.2, 0.25) is 5.91 Å². The minimum absolute atomic E-state index is 0.0623. The van der Waals surface area contributed by atoms with E-state index in [9.17, 15) is 14.0 Å². The minimum atomic E-state index is -0.360. The first-order chi connectivity index (χ1) is 16.0. The molecule has 1 aliphatic rings. The molecule has 1 N–H and O–H groups in total. The summed E-state index contributed by atoms with van der Waals surface area (Å²) < 4.78 is 15.0. The Morgan fingerprint density at radius 2 is 1.88 bits per heavy atom. The molecular formula is C23H23ClFN5O2S. The van der Waals surface area contributed by atoms with Crippen molar-refractivity contribution in [3.63, 3.8) is 0 Å².